The van der Waals surface area contributed by atoms with E-state index in [1.165, 1.54) is 12.2 Å². The number of rotatable bonds is 4. The lowest BCUT2D eigenvalue weighted by Crippen LogP contribution is -2.43. The zero-order valence-corrected chi connectivity index (χ0v) is 10.6. The van der Waals surface area contributed by atoms with Gasteiger partial charge in [0.15, 0.2) is 0 Å². The van der Waals surface area contributed by atoms with Crippen molar-refractivity contribution in [2.24, 2.45) is 0 Å². The van der Waals surface area contributed by atoms with Gasteiger partial charge in [-0.3, -0.25) is 4.79 Å². The summed E-state index contributed by atoms with van der Waals surface area (Å²) in [5, 5.41) is 0.498. The number of benzene rings is 1. The average Bonchev–Trinajstić information content (AvgIpc) is 2.35. The number of halogens is 6. The van der Waals surface area contributed by atoms with E-state index in [1.54, 1.807) is 24.3 Å². The monoisotopic (exact) mass is 310 g/mol. The van der Waals surface area contributed by atoms with Gasteiger partial charge in [0.05, 0.1) is 0 Å². The van der Waals surface area contributed by atoms with E-state index < -0.39 is 17.9 Å². The van der Waals surface area contributed by atoms with Gasteiger partial charge in [-0.15, -0.1) is 0 Å². The molecule has 108 valence electrons. The van der Waals surface area contributed by atoms with Crippen LogP contribution in [0.4, 0.5) is 22.0 Å². The maximum atomic E-state index is 12.6. The highest BCUT2D eigenvalue weighted by Gasteiger charge is 2.62. The summed E-state index contributed by atoms with van der Waals surface area (Å²) < 4.78 is 60.7. The van der Waals surface area contributed by atoms with Crippen LogP contribution >= 0.6 is 11.6 Å². The van der Waals surface area contributed by atoms with Crippen LogP contribution in [0, 0.1) is 0 Å². The molecule has 7 heteroatoms. The molecule has 0 bridgehead atoms. The number of hydrogen-bond acceptors (Lipinski definition) is 1. The molecule has 20 heavy (non-hydrogen) atoms. The minimum atomic E-state index is -5.89. The molecular formula is C13H8ClF5O. The Bertz CT molecular complexity index is 529. The number of carbonyl (C=O) groups is 1. The van der Waals surface area contributed by atoms with Crippen molar-refractivity contribution in [1.29, 1.82) is 0 Å². The smallest absolute Gasteiger partial charge is 0.288 e. The third kappa shape index (κ3) is 4.16. The van der Waals surface area contributed by atoms with Crippen molar-refractivity contribution in [1.82, 2.24) is 0 Å². The molecule has 0 radical (unpaired) electrons. The normalized spacial score (nSPS) is 13.3. The average molecular weight is 311 g/mol. The van der Waals surface area contributed by atoms with Gasteiger partial charge in [-0.1, -0.05) is 42.0 Å². The van der Waals surface area contributed by atoms with Crippen LogP contribution < -0.4 is 0 Å². The second-order valence-corrected chi connectivity index (χ2v) is 4.14. The highest BCUT2D eigenvalue weighted by molar-refractivity contribution is 6.30. The minimum Gasteiger partial charge on any atom is -0.288 e. The first kappa shape index (κ1) is 16.4. The Hall–Kier alpha value is -1.69. The van der Waals surface area contributed by atoms with E-state index in [0.717, 1.165) is 6.08 Å². The largest absolute Gasteiger partial charge is 0.461 e. The van der Waals surface area contributed by atoms with Crippen molar-refractivity contribution in [3.8, 4) is 0 Å². The molecule has 0 unspecified atom stereocenters. The van der Waals surface area contributed by atoms with Gasteiger partial charge in [-0.2, -0.15) is 22.0 Å². The van der Waals surface area contributed by atoms with Gasteiger partial charge >= 0.3 is 12.1 Å². The Kier molecular flexibility index (Phi) is 5.05. The minimum absolute atomic E-state index is 0.180. The third-order valence-corrected chi connectivity index (χ3v) is 2.43. The van der Waals surface area contributed by atoms with E-state index in [2.05, 4.69) is 0 Å². The molecular weight excluding hydrogens is 303 g/mol. The predicted octanol–water partition coefficient (Wildman–Crippen LogP) is 4.68. The number of allylic oxidation sites excluding steroid dienone is 3. The maximum absolute atomic E-state index is 12.6. The van der Waals surface area contributed by atoms with Crippen molar-refractivity contribution in [2.75, 3.05) is 0 Å². The molecule has 0 saturated carbocycles. The zero-order chi connectivity index (χ0) is 15.4. The number of alkyl halides is 5. The molecule has 0 fully saturated rings. The van der Waals surface area contributed by atoms with Gasteiger partial charge < -0.3 is 0 Å². The number of carbonyl (C=O) groups excluding carboxylic acids is 1. The maximum Gasteiger partial charge on any atom is 0.461 e. The molecule has 0 atom stereocenters. The van der Waals surface area contributed by atoms with Crippen molar-refractivity contribution in [3.63, 3.8) is 0 Å². The van der Waals surface area contributed by atoms with E-state index in [1.807, 2.05) is 0 Å². The molecule has 0 spiro atoms. The molecule has 1 rings (SSSR count). The first-order valence-corrected chi connectivity index (χ1v) is 5.61. The van der Waals surface area contributed by atoms with Gasteiger partial charge in [0.25, 0.3) is 0 Å². The van der Waals surface area contributed by atoms with Gasteiger partial charge in [-0.25, -0.2) is 0 Å². The summed E-state index contributed by atoms with van der Waals surface area (Å²) in [5.74, 6) is -7.69. The fourth-order valence-electron chi connectivity index (χ4n) is 1.13. The summed E-state index contributed by atoms with van der Waals surface area (Å²) in [5.41, 5.74) is 0.647. The number of ketones is 1. The molecule has 0 aliphatic heterocycles. The Morgan fingerprint density at radius 3 is 2.05 bits per heavy atom. The van der Waals surface area contributed by atoms with E-state index >= 15 is 0 Å². The number of hydrogen-bond donors (Lipinski definition) is 0. The van der Waals surface area contributed by atoms with Crippen LogP contribution in [0.15, 0.2) is 42.5 Å². The van der Waals surface area contributed by atoms with Crippen LogP contribution in [-0.2, 0) is 4.79 Å². The summed E-state index contributed by atoms with van der Waals surface area (Å²) in [7, 11) is 0. The summed E-state index contributed by atoms with van der Waals surface area (Å²) >= 11 is 5.63. The first-order chi connectivity index (χ1) is 9.14. The SMILES string of the molecule is O=C(/C=C/C=C/c1ccc(Cl)cc1)C(F)(F)C(F)(F)F. The van der Waals surface area contributed by atoms with Gasteiger partial charge in [0.2, 0.25) is 5.78 Å². The standard InChI is InChI=1S/C13H8ClF5O/c14-10-7-5-9(6-8-10)3-1-2-4-11(20)12(15,16)13(17,18)19/h1-8H/b3-1+,4-2+. The van der Waals surface area contributed by atoms with E-state index in [4.69, 9.17) is 11.6 Å². The molecule has 0 aliphatic carbocycles. The Morgan fingerprint density at radius 1 is 1.00 bits per heavy atom. The molecule has 0 heterocycles. The second kappa shape index (κ2) is 6.17. The van der Waals surface area contributed by atoms with Crippen LogP contribution in [0.3, 0.4) is 0 Å². The summed E-state index contributed by atoms with van der Waals surface area (Å²) in [6.45, 7) is 0. The lowest BCUT2D eigenvalue weighted by atomic mass is 10.2. The molecule has 0 amide bonds. The topological polar surface area (TPSA) is 17.1 Å². The van der Waals surface area contributed by atoms with Gasteiger partial charge in [0, 0.05) is 5.02 Å². The second-order valence-electron chi connectivity index (χ2n) is 3.71. The van der Waals surface area contributed by atoms with Gasteiger partial charge in [0.1, 0.15) is 0 Å². The fraction of sp³-hybridized carbons (Fsp3) is 0.154. The summed E-state index contributed by atoms with van der Waals surface area (Å²) in [6.07, 6.45) is -2.30. The molecule has 1 nitrogen and oxygen atoms in total. The van der Waals surface area contributed by atoms with Crippen LogP contribution in [0.5, 0.6) is 0 Å². The molecule has 1 aromatic rings. The van der Waals surface area contributed by atoms with Crippen molar-refractivity contribution in [3.05, 3.63) is 53.1 Å². The molecule has 0 saturated heterocycles. The Morgan fingerprint density at radius 2 is 1.55 bits per heavy atom. The Balaban J connectivity index is 2.70. The lowest BCUT2D eigenvalue weighted by Gasteiger charge is -2.15. The predicted molar refractivity (Wildman–Crippen MR) is 65.6 cm³/mol. The van der Waals surface area contributed by atoms with Crippen LogP contribution in [0.1, 0.15) is 5.56 Å². The van der Waals surface area contributed by atoms with E-state index in [9.17, 15) is 26.7 Å². The molecule has 1 aromatic carbocycles. The Labute approximate surface area is 116 Å². The van der Waals surface area contributed by atoms with Crippen molar-refractivity contribution >= 4 is 23.5 Å². The quantitative estimate of drug-likeness (QED) is 0.448. The third-order valence-electron chi connectivity index (χ3n) is 2.18. The van der Waals surface area contributed by atoms with E-state index in [0.29, 0.717) is 10.6 Å². The zero-order valence-electron chi connectivity index (χ0n) is 9.79. The summed E-state index contributed by atoms with van der Waals surface area (Å²) in [6, 6.07) is 6.37. The highest BCUT2D eigenvalue weighted by atomic mass is 35.5. The fourth-order valence-corrected chi connectivity index (χ4v) is 1.25. The van der Waals surface area contributed by atoms with Crippen LogP contribution in [0.2, 0.25) is 5.02 Å². The lowest BCUT2D eigenvalue weighted by molar-refractivity contribution is -0.266. The highest BCUT2D eigenvalue weighted by Crippen LogP contribution is 2.36. The van der Waals surface area contributed by atoms with Crippen LogP contribution in [0.25, 0.3) is 6.08 Å². The molecule has 0 aliphatic rings. The molecule has 0 N–H and O–H groups in total. The van der Waals surface area contributed by atoms with Gasteiger partial charge in [-0.05, 0) is 23.8 Å². The van der Waals surface area contributed by atoms with Crippen LogP contribution in [-0.4, -0.2) is 17.9 Å². The van der Waals surface area contributed by atoms with Crippen molar-refractivity contribution in [2.45, 2.75) is 12.1 Å². The van der Waals surface area contributed by atoms with E-state index in [-0.39, 0.29) is 6.08 Å². The first-order valence-electron chi connectivity index (χ1n) is 5.24. The summed E-state index contributed by atoms with van der Waals surface area (Å²) in [4.78, 5) is 10.8. The molecule has 0 aromatic heterocycles. The van der Waals surface area contributed by atoms with Crippen molar-refractivity contribution < 1.29 is 26.7 Å².